The van der Waals surface area contributed by atoms with Crippen molar-refractivity contribution < 1.29 is 22.7 Å². The molecule has 0 radical (unpaired) electrons. The summed E-state index contributed by atoms with van der Waals surface area (Å²) in [6, 6.07) is 1.49. The average molecular weight is 376 g/mol. The van der Waals surface area contributed by atoms with Gasteiger partial charge in [0.2, 0.25) is 0 Å². The lowest BCUT2D eigenvalue weighted by Crippen LogP contribution is -2.26. The number of aromatic nitrogens is 2. The molecule has 4 N–H and O–H groups in total. The van der Waals surface area contributed by atoms with Crippen molar-refractivity contribution in [2.45, 2.75) is 38.8 Å². The molecular weight excluding hydrogens is 353 g/mol. The average Bonchev–Trinajstić information content (AvgIpc) is 2.56. The molecule has 0 unspecified atom stereocenters. The molecule has 0 aromatic carbocycles. The molecule has 1 heterocycles. The molecule has 0 atom stereocenters. The first-order valence-electron chi connectivity index (χ1n) is 8.16. The van der Waals surface area contributed by atoms with E-state index in [-0.39, 0.29) is 11.8 Å². The molecule has 0 spiro atoms. The number of ether oxygens (including phenoxy) is 1. The van der Waals surface area contributed by atoms with E-state index in [0.29, 0.717) is 25.4 Å². The molecule has 1 aromatic rings. The SMILES string of the molecule is CCOC(=O)NCCCCCc1nccc(NC(N)=NCC(F)(F)F)n1. The number of alkyl halides is 3. The van der Waals surface area contributed by atoms with Gasteiger partial charge in [0.25, 0.3) is 0 Å². The highest BCUT2D eigenvalue weighted by Gasteiger charge is 2.26. The normalized spacial score (nSPS) is 11.9. The second-order valence-electron chi connectivity index (χ2n) is 5.26. The maximum atomic E-state index is 12.1. The van der Waals surface area contributed by atoms with E-state index < -0.39 is 18.8 Å². The molecule has 0 saturated carbocycles. The van der Waals surface area contributed by atoms with Crippen LogP contribution in [0, 0.1) is 0 Å². The van der Waals surface area contributed by atoms with Crippen LogP contribution in [0.1, 0.15) is 32.0 Å². The number of carbonyl (C=O) groups excluding carboxylic acids is 1. The van der Waals surface area contributed by atoms with Gasteiger partial charge < -0.3 is 21.1 Å². The van der Waals surface area contributed by atoms with Crippen LogP contribution in [0.15, 0.2) is 17.3 Å². The Morgan fingerprint density at radius 3 is 2.81 bits per heavy atom. The lowest BCUT2D eigenvalue weighted by Gasteiger charge is -2.08. The van der Waals surface area contributed by atoms with E-state index in [0.717, 1.165) is 19.3 Å². The number of guanidine groups is 1. The Kier molecular flexibility index (Phi) is 9.17. The monoisotopic (exact) mass is 376 g/mol. The maximum Gasteiger partial charge on any atom is 0.408 e. The van der Waals surface area contributed by atoms with Crippen LogP contribution < -0.4 is 16.4 Å². The van der Waals surface area contributed by atoms with Gasteiger partial charge in [0, 0.05) is 19.2 Å². The quantitative estimate of drug-likeness (QED) is 0.346. The molecule has 1 aromatic heterocycles. The van der Waals surface area contributed by atoms with Crippen LogP contribution in [-0.4, -0.2) is 47.9 Å². The first-order valence-corrected chi connectivity index (χ1v) is 8.16. The predicted molar refractivity (Wildman–Crippen MR) is 90.8 cm³/mol. The second-order valence-corrected chi connectivity index (χ2v) is 5.26. The summed E-state index contributed by atoms with van der Waals surface area (Å²) < 4.78 is 41.0. The Bertz CT molecular complexity index is 595. The Balaban J connectivity index is 2.32. The van der Waals surface area contributed by atoms with Crippen molar-refractivity contribution in [3.8, 4) is 0 Å². The van der Waals surface area contributed by atoms with Gasteiger partial charge >= 0.3 is 12.3 Å². The van der Waals surface area contributed by atoms with Gasteiger partial charge in [-0.05, 0) is 25.8 Å². The van der Waals surface area contributed by atoms with E-state index in [9.17, 15) is 18.0 Å². The number of rotatable bonds is 9. The Labute approximate surface area is 149 Å². The number of alkyl carbamates (subject to hydrolysis) is 1. The van der Waals surface area contributed by atoms with Crippen molar-refractivity contribution in [3.05, 3.63) is 18.1 Å². The van der Waals surface area contributed by atoms with Crippen LogP contribution in [0.2, 0.25) is 0 Å². The zero-order valence-corrected chi connectivity index (χ0v) is 14.5. The summed E-state index contributed by atoms with van der Waals surface area (Å²) in [4.78, 5) is 22.6. The van der Waals surface area contributed by atoms with E-state index >= 15 is 0 Å². The Morgan fingerprint density at radius 2 is 2.12 bits per heavy atom. The molecular formula is C15H23F3N6O2. The van der Waals surface area contributed by atoms with Gasteiger partial charge in [0.05, 0.1) is 6.61 Å². The first-order chi connectivity index (χ1) is 12.3. The first kappa shape index (κ1) is 21.5. The molecule has 11 heteroatoms. The number of amides is 1. The van der Waals surface area contributed by atoms with Crippen molar-refractivity contribution in [1.29, 1.82) is 0 Å². The van der Waals surface area contributed by atoms with E-state index in [4.69, 9.17) is 10.5 Å². The Hall–Kier alpha value is -2.59. The fraction of sp³-hybridized carbons (Fsp3) is 0.600. The molecule has 0 aliphatic heterocycles. The van der Waals surface area contributed by atoms with Crippen molar-refractivity contribution in [3.63, 3.8) is 0 Å². The third-order valence-corrected chi connectivity index (χ3v) is 3.01. The number of unbranched alkanes of at least 4 members (excludes halogenated alkanes) is 2. The third-order valence-electron chi connectivity index (χ3n) is 3.01. The highest BCUT2D eigenvalue weighted by molar-refractivity contribution is 5.91. The van der Waals surface area contributed by atoms with Gasteiger partial charge in [-0.2, -0.15) is 13.2 Å². The number of aryl methyl sites for hydroxylation is 1. The van der Waals surface area contributed by atoms with Crippen LogP contribution in [0.3, 0.4) is 0 Å². The number of nitrogens with one attached hydrogen (secondary N) is 2. The highest BCUT2D eigenvalue weighted by Crippen LogP contribution is 2.14. The smallest absolute Gasteiger partial charge is 0.408 e. The molecule has 8 nitrogen and oxygen atoms in total. The number of nitrogens with two attached hydrogens (primary N) is 1. The van der Waals surface area contributed by atoms with Gasteiger partial charge in [-0.3, -0.25) is 0 Å². The molecule has 0 fully saturated rings. The minimum atomic E-state index is -4.41. The van der Waals surface area contributed by atoms with Crippen molar-refractivity contribution >= 4 is 17.9 Å². The minimum absolute atomic E-state index is 0.280. The van der Waals surface area contributed by atoms with Gasteiger partial charge in [-0.1, -0.05) is 6.42 Å². The summed E-state index contributed by atoms with van der Waals surface area (Å²) in [5.41, 5.74) is 5.40. The molecule has 0 aliphatic rings. The molecule has 0 aliphatic carbocycles. The Morgan fingerprint density at radius 1 is 1.35 bits per heavy atom. The minimum Gasteiger partial charge on any atom is -0.450 e. The van der Waals surface area contributed by atoms with Crippen LogP contribution in [0.25, 0.3) is 0 Å². The molecule has 0 bridgehead atoms. The van der Waals surface area contributed by atoms with E-state index in [1.54, 1.807) is 6.92 Å². The van der Waals surface area contributed by atoms with Crippen LogP contribution in [-0.2, 0) is 11.2 Å². The third kappa shape index (κ3) is 10.3. The van der Waals surface area contributed by atoms with Crippen molar-refractivity contribution in [1.82, 2.24) is 15.3 Å². The number of hydrogen-bond acceptors (Lipinski definition) is 5. The number of aliphatic imine (C=N–C) groups is 1. The van der Waals surface area contributed by atoms with Gasteiger partial charge in [-0.25, -0.2) is 19.8 Å². The van der Waals surface area contributed by atoms with E-state index in [1.807, 2.05) is 0 Å². The molecule has 1 rings (SSSR count). The zero-order chi connectivity index (χ0) is 19.4. The molecule has 146 valence electrons. The number of anilines is 1. The van der Waals surface area contributed by atoms with Crippen molar-refractivity contribution in [2.75, 3.05) is 25.0 Å². The predicted octanol–water partition coefficient (Wildman–Crippen LogP) is 2.22. The fourth-order valence-corrected chi connectivity index (χ4v) is 1.89. The van der Waals surface area contributed by atoms with Crippen LogP contribution in [0.5, 0.6) is 0 Å². The summed E-state index contributed by atoms with van der Waals surface area (Å²) in [7, 11) is 0. The molecule has 1 amide bonds. The van der Waals surface area contributed by atoms with Crippen LogP contribution in [0.4, 0.5) is 23.8 Å². The summed E-state index contributed by atoms with van der Waals surface area (Å²) in [6.07, 6.45) is -0.328. The topological polar surface area (TPSA) is 115 Å². The lowest BCUT2D eigenvalue weighted by atomic mass is 10.2. The fourth-order valence-electron chi connectivity index (χ4n) is 1.89. The van der Waals surface area contributed by atoms with Gasteiger partial charge in [0.1, 0.15) is 18.2 Å². The van der Waals surface area contributed by atoms with Crippen LogP contribution >= 0.6 is 0 Å². The number of halogens is 3. The molecule has 26 heavy (non-hydrogen) atoms. The standard InChI is InChI=1S/C15H23F3N6O2/c1-2-26-14(25)21-8-5-3-4-6-11-20-9-7-12(23-11)24-13(19)22-10-15(16,17)18/h7,9H,2-6,8,10H2,1H3,(H,21,25)(H3,19,20,22,23,24). The summed E-state index contributed by atoms with van der Waals surface area (Å²) in [5.74, 6) is 0.455. The lowest BCUT2D eigenvalue weighted by molar-refractivity contribution is -0.118. The summed E-state index contributed by atoms with van der Waals surface area (Å²) in [5, 5.41) is 5.13. The zero-order valence-electron chi connectivity index (χ0n) is 14.5. The summed E-state index contributed by atoms with van der Waals surface area (Å²) in [6.45, 7) is 1.23. The second kappa shape index (κ2) is 11.1. The van der Waals surface area contributed by atoms with E-state index in [1.165, 1.54) is 12.3 Å². The molecule has 0 saturated heterocycles. The number of carbonyl (C=O) groups is 1. The largest absolute Gasteiger partial charge is 0.450 e. The van der Waals surface area contributed by atoms with Gasteiger partial charge in [0.15, 0.2) is 5.96 Å². The van der Waals surface area contributed by atoms with Crippen molar-refractivity contribution in [2.24, 2.45) is 10.7 Å². The number of nitrogens with zero attached hydrogens (tertiary/aromatic N) is 3. The number of hydrogen-bond donors (Lipinski definition) is 3. The maximum absolute atomic E-state index is 12.1. The van der Waals surface area contributed by atoms with E-state index in [2.05, 4.69) is 25.6 Å². The highest BCUT2D eigenvalue weighted by atomic mass is 19.4. The van der Waals surface area contributed by atoms with Gasteiger partial charge in [-0.15, -0.1) is 0 Å². The summed E-state index contributed by atoms with van der Waals surface area (Å²) >= 11 is 0.